The molecule has 1 fully saturated rings. The van der Waals surface area contributed by atoms with Gasteiger partial charge < -0.3 is 5.11 Å². The maximum atomic E-state index is 12.6. The monoisotopic (exact) mass is 389 g/mol. The molecule has 0 radical (unpaired) electrons. The molecule has 7 heteroatoms. The fraction of sp³-hybridized carbons (Fsp3) is 0.550. The lowest BCUT2D eigenvalue weighted by atomic mass is 9.88. The van der Waals surface area contributed by atoms with Gasteiger partial charge in [-0.1, -0.05) is 34.1 Å². The Morgan fingerprint density at radius 3 is 2.67 bits per heavy atom. The molecule has 1 aromatic heterocycles. The zero-order chi connectivity index (χ0) is 19.9. The van der Waals surface area contributed by atoms with E-state index in [1.54, 1.807) is 5.41 Å². The minimum Gasteiger partial charge on any atom is -0.477 e. The zero-order valence-electron chi connectivity index (χ0n) is 16.5. The van der Waals surface area contributed by atoms with Gasteiger partial charge in [0.2, 0.25) is 0 Å². The van der Waals surface area contributed by atoms with Crippen LogP contribution in [-0.2, 0) is 16.6 Å². The van der Waals surface area contributed by atoms with E-state index >= 15 is 0 Å². The molecule has 6 nitrogen and oxygen atoms in total. The van der Waals surface area contributed by atoms with Crippen molar-refractivity contribution < 1.29 is 14.7 Å². The Hall–Kier alpha value is -2.02. The minimum absolute atomic E-state index is 0.0630. The molecule has 2 aliphatic rings. The number of β-lactam (4-membered cyclic amide) rings is 1. The first-order chi connectivity index (χ1) is 12.8. The van der Waals surface area contributed by atoms with Gasteiger partial charge in [0.15, 0.2) is 0 Å². The number of rotatable bonds is 7. The lowest BCUT2D eigenvalue weighted by Gasteiger charge is -2.37. The van der Waals surface area contributed by atoms with E-state index < -0.39 is 5.97 Å². The van der Waals surface area contributed by atoms with Gasteiger partial charge in [-0.25, -0.2) is 4.79 Å². The second kappa shape index (κ2) is 7.54. The number of aliphatic carboxylic acids is 1. The van der Waals surface area contributed by atoms with Gasteiger partial charge in [-0.3, -0.25) is 14.4 Å². The summed E-state index contributed by atoms with van der Waals surface area (Å²) in [6.45, 7) is 8.78. The molecule has 1 amide bonds. The fourth-order valence-electron chi connectivity index (χ4n) is 3.95. The molecule has 2 unspecified atom stereocenters. The van der Waals surface area contributed by atoms with Crippen LogP contribution in [0.25, 0.3) is 6.08 Å². The molecule has 1 saturated heterocycles. The molecule has 0 spiro atoms. The van der Waals surface area contributed by atoms with Crippen LogP contribution in [0.3, 0.4) is 0 Å². The first kappa shape index (κ1) is 19.7. The molecular weight excluding hydrogens is 362 g/mol. The summed E-state index contributed by atoms with van der Waals surface area (Å²) in [5, 5.41) is 15.3. The van der Waals surface area contributed by atoms with Gasteiger partial charge in [0.05, 0.1) is 11.3 Å². The molecule has 0 bridgehead atoms. The molecular formula is C20H27N3O3S. The summed E-state index contributed by atoms with van der Waals surface area (Å²) < 4.78 is 1.95. The number of hydrogen-bond acceptors (Lipinski definition) is 4. The van der Waals surface area contributed by atoms with Crippen molar-refractivity contribution >= 4 is 29.7 Å². The number of hydrogen-bond donors (Lipinski definition) is 1. The molecule has 0 aliphatic carbocycles. The summed E-state index contributed by atoms with van der Waals surface area (Å²) in [5.41, 5.74) is 4.00. The highest BCUT2D eigenvalue weighted by Gasteiger charge is 2.49. The van der Waals surface area contributed by atoms with Gasteiger partial charge in [-0.05, 0) is 30.8 Å². The molecule has 0 saturated carbocycles. The second-order valence-electron chi connectivity index (χ2n) is 7.38. The molecule has 2 aliphatic heterocycles. The Bertz CT molecular complexity index is 840. The van der Waals surface area contributed by atoms with E-state index in [-0.39, 0.29) is 17.0 Å². The van der Waals surface area contributed by atoms with Crippen molar-refractivity contribution in [3.05, 3.63) is 33.6 Å². The molecule has 27 heavy (non-hydrogen) atoms. The maximum Gasteiger partial charge on any atom is 0.353 e. The number of aryl methyl sites for hydroxylation is 1. The molecule has 1 aromatic rings. The molecule has 1 N–H and O–H groups in total. The van der Waals surface area contributed by atoms with Crippen LogP contribution in [0, 0.1) is 0 Å². The number of carboxylic acid groups (broad SMARTS) is 1. The SMILES string of the molecule is CCCC(C)c1c(/C=C2/C(=O)N3C(C(=O)O)=CS[C@H]23)nn(C)c1C(C)CC. The highest BCUT2D eigenvalue weighted by Crippen LogP contribution is 2.45. The van der Waals surface area contributed by atoms with Crippen LogP contribution in [0.4, 0.5) is 0 Å². The zero-order valence-corrected chi connectivity index (χ0v) is 17.3. The number of fused-ring (bicyclic) bond motifs is 1. The van der Waals surface area contributed by atoms with E-state index in [2.05, 4.69) is 27.7 Å². The number of carbonyl (C=O) groups is 2. The van der Waals surface area contributed by atoms with Gasteiger partial charge >= 0.3 is 5.97 Å². The van der Waals surface area contributed by atoms with Crippen LogP contribution >= 0.6 is 11.8 Å². The normalized spacial score (nSPS) is 22.5. The van der Waals surface area contributed by atoms with Crippen molar-refractivity contribution in [3.63, 3.8) is 0 Å². The van der Waals surface area contributed by atoms with Crippen molar-refractivity contribution in [1.29, 1.82) is 0 Å². The number of carbonyl (C=O) groups excluding carboxylic acids is 1. The molecule has 146 valence electrons. The number of thioether (sulfide) groups is 1. The Balaban J connectivity index is 2.00. The van der Waals surface area contributed by atoms with Crippen molar-refractivity contribution in [2.75, 3.05) is 0 Å². The van der Waals surface area contributed by atoms with Crippen molar-refractivity contribution in [2.24, 2.45) is 7.05 Å². The Kier molecular flexibility index (Phi) is 5.51. The smallest absolute Gasteiger partial charge is 0.353 e. The van der Waals surface area contributed by atoms with E-state index in [9.17, 15) is 14.7 Å². The van der Waals surface area contributed by atoms with Crippen LogP contribution in [0.1, 0.15) is 75.7 Å². The summed E-state index contributed by atoms with van der Waals surface area (Å²) in [7, 11) is 1.97. The van der Waals surface area contributed by atoms with E-state index in [4.69, 9.17) is 5.10 Å². The highest BCUT2D eigenvalue weighted by atomic mass is 32.2. The van der Waals surface area contributed by atoms with Crippen molar-refractivity contribution in [2.45, 2.75) is 64.2 Å². The summed E-state index contributed by atoms with van der Waals surface area (Å²) in [4.78, 5) is 25.2. The predicted molar refractivity (Wildman–Crippen MR) is 107 cm³/mol. The van der Waals surface area contributed by atoms with Crippen LogP contribution in [0.15, 0.2) is 16.7 Å². The average molecular weight is 390 g/mol. The third-order valence-corrected chi connectivity index (χ3v) is 6.58. The second-order valence-corrected chi connectivity index (χ2v) is 8.33. The number of carboxylic acids is 1. The predicted octanol–water partition coefficient (Wildman–Crippen LogP) is 4.06. The van der Waals surface area contributed by atoms with Gasteiger partial charge in [0.1, 0.15) is 11.1 Å². The number of amides is 1. The van der Waals surface area contributed by atoms with Gasteiger partial charge in [-0.2, -0.15) is 5.10 Å². The number of nitrogens with zero attached hydrogens (tertiary/aromatic N) is 3. The first-order valence-corrected chi connectivity index (χ1v) is 10.5. The Morgan fingerprint density at radius 2 is 2.07 bits per heavy atom. The molecule has 3 heterocycles. The van der Waals surface area contributed by atoms with E-state index in [0.717, 1.165) is 25.0 Å². The molecule has 3 rings (SSSR count). The summed E-state index contributed by atoms with van der Waals surface area (Å²) in [6.07, 6.45) is 5.05. The topological polar surface area (TPSA) is 75.4 Å². The van der Waals surface area contributed by atoms with Crippen molar-refractivity contribution in [1.82, 2.24) is 14.7 Å². The Labute approximate surface area is 164 Å². The maximum absolute atomic E-state index is 12.6. The standard InChI is InChI=1S/C20H27N3O3S/c1-6-8-12(4)16-14(21-22(5)17(16)11(3)7-2)9-13-18(24)23-15(20(25)26)10-27-19(13)23/h9-12,19H,6-8H2,1-5H3,(H,25,26)/b13-9-/t11?,12?,19-/m1/s1. The number of aromatic nitrogens is 2. The third-order valence-electron chi connectivity index (χ3n) is 5.50. The quantitative estimate of drug-likeness (QED) is 0.562. The Morgan fingerprint density at radius 1 is 1.37 bits per heavy atom. The van der Waals surface area contributed by atoms with E-state index in [0.29, 0.717) is 17.4 Å². The average Bonchev–Trinajstić information content (AvgIpc) is 3.17. The summed E-state index contributed by atoms with van der Waals surface area (Å²) in [6, 6.07) is 0. The lowest BCUT2D eigenvalue weighted by molar-refractivity contribution is -0.141. The minimum atomic E-state index is -1.06. The van der Waals surface area contributed by atoms with E-state index in [1.807, 2.05) is 17.8 Å². The van der Waals surface area contributed by atoms with Gasteiger partial charge in [0, 0.05) is 23.7 Å². The first-order valence-electron chi connectivity index (χ1n) is 9.52. The highest BCUT2D eigenvalue weighted by molar-refractivity contribution is 8.03. The lowest BCUT2D eigenvalue weighted by Crippen LogP contribution is -2.51. The van der Waals surface area contributed by atoms with Crippen molar-refractivity contribution in [3.8, 4) is 0 Å². The third kappa shape index (κ3) is 3.22. The van der Waals surface area contributed by atoms with Crippen LogP contribution in [0.5, 0.6) is 0 Å². The summed E-state index contributed by atoms with van der Waals surface area (Å²) >= 11 is 1.37. The van der Waals surface area contributed by atoms with Crippen LogP contribution in [0.2, 0.25) is 0 Å². The van der Waals surface area contributed by atoms with Crippen LogP contribution < -0.4 is 0 Å². The van der Waals surface area contributed by atoms with Gasteiger partial charge in [0.25, 0.3) is 5.91 Å². The van der Waals surface area contributed by atoms with Gasteiger partial charge in [-0.15, -0.1) is 11.8 Å². The molecule has 0 aromatic carbocycles. The largest absolute Gasteiger partial charge is 0.477 e. The molecule has 3 atom stereocenters. The van der Waals surface area contributed by atoms with E-state index in [1.165, 1.54) is 27.9 Å². The fourth-order valence-corrected chi connectivity index (χ4v) is 5.07. The summed E-state index contributed by atoms with van der Waals surface area (Å²) in [5.74, 6) is -0.552. The van der Waals surface area contributed by atoms with Crippen LogP contribution in [-0.4, -0.2) is 37.0 Å².